The first-order valence-corrected chi connectivity index (χ1v) is 12.3. The molecule has 0 unspecified atom stereocenters. The average Bonchev–Trinajstić information content (AvgIpc) is 2.70. The van der Waals surface area contributed by atoms with E-state index in [1.54, 1.807) is 30.3 Å². The van der Waals surface area contributed by atoms with E-state index in [2.05, 4.69) is 26.0 Å². The Morgan fingerprint density at radius 2 is 1.73 bits per heavy atom. The lowest BCUT2D eigenvalue weighted by molar-refractivity contribution is -0.126. The second-order valence-corrected chi connectivity index (χ2v) is 10.4. The van der Waals surface area contributed by atoms with Gasteiger partial charge in [0.25, 0.3) is 0 Å². The van der Waals surface area contributed by atoms with Crippen LogP contribution < -0.4 is 10.0 Å². The zero-order chi connectivity index (χ0) is 21.9. The Morgan fingerprint density at radius 1 is 1.10 bits per heavy atom. The highest BCUT2D eigenvalue weighted by atomic mass is 79.9. The molecule has 0 saturated heterocycles. The first-order chi connectivity index (χ1) is 14.2. The smallest absolute Gasteiger partial charge is 0.240 e. The predicted molar refractivity (Wildman–Crippen MR) is 118 cm³/mol. The monoisotopic (exact) mass is 496 g/mol. The minimum absolute atomic E-state index is 0.0448. The highest BCUT2D eigenvalue weighted by Crippen LogP contribution is 2.27. The molecule has 1 fully saturated rings. The number of amides is 1. The van der Waals surface area contributed by atoms with E-state index in [0.717, 1.165) is 15.6 Å². The van der Waals surface area contributed by atoms with Gasteiger partial charge in [0, 0.05) is 16.4 Å². The third-order valence-electron chi connectivity index (χ3n) is 5.59. The van der Waals surface area contributed by atoms with Crippen LogP contribution >= 0.6 is 15.9 Å². The number of rotatable bonds is 6. The van der Waals surface area contributed by atoms with E-state index < -0.39 is 10.0 Å². The molecule has 0 radical (unpaired) electrons. The molecule has 1 amide bonds. The van der Waals surface area contributed by atoms with E-state index in [1.165, 1.54) is 12.1 Å². The van der Waals surface area contributed by atoms with Gasteiger partial charge in [0.2, 0.25) is 15.9 Å². The second kappa shape index (κ2) is 9.58. The van der Waals surface area contributed by atoms with Crippen LogP contribution in [-0.2, 0) is 14.8 Å². The Morgan fingerprint density at radius 3 is 2.33 bits per heavy atom. The van der Waals surface area contributed by atoms with Crippen molar-refractivity contribution in [1.29, 1.82) is 0 Å². The molecule has 1 saturated carbocycles. The van der Waals surface area contributed by atoms with Crippen molar-refractivity contribution in [3.8, 4) is 0 Å². The van der Waals surface area contributed by atoms with E-state index in [0.29, 0.717) is 25.7 Å². The summed E-state index contributed by atoms with van der Waals surface area (Å²) >= 11 is 3.38. The van der Waals surface area contributed by atoms with Crippen LogP contribution in [0.5, 0.6) is 0 Å². The zero-order valence-corrected chi connectivity index (χ0v) is 19.4. The van der Waals surface area contributed by atoms with Crippen LogP contribution in [0.15, 0.2) is 51.8 Å². The summed E-state index contributed by atoms with van der Waals surface area (Å²) in [6.07, 6.45) is 2.46. The molecule has 1 aliphatic rings. The van der Waals surface area contributed by atoms with Crippen molar-refractivity contribution < 1.29 is 17.6 Å². The Bertz CT molecular complexity index is 1000. The molecule has 0 heterocycles. The van der Waals surface area contributed by atoms with Crippen LogP contribution in [-0.4, -0.2) is 20.4 Å². The third-order valence-corrected chi connectivity index (χ3v) is 8.00. The summed E-state index contributed by atoms with van der Waals surface area (Å²) in [7, 11) is -3.60. The van der Waals surface area contributed by atoms with Gasteiger partial charge < -0.3 is 5.32 Å². The first kappa shape index (κ1) is 22.9. The molecule has 1 aliphatic carbocycles. The molecular weight excluding hydrogens is 471 g/mol. The van der Waals surface area contributed by atoms with Crippen molar-refractivity contribution >= 4 is 31.9 Å². The zero-order valence-electron chi connectivity index (χ0n) is 17.0. The Hall–Kier alpha value is -1.77. The van der Waals surface area contributed by atoms with Gasteiger partial charge in [-0.15, -0.1) is 0 Å². The van der Waals surface area contributed by atoms with Gasteiger partial charge in [0.1, 0.15) is 5.82 Å². The summed E-state index contributed by atoms with van der Waals surface area (Å²) < 4.78 is 42.1. The molecule has 2 N–H and O–H groups in total. The molecule has 3 rings (SSSR count). The largest absolute Gasteiger partial charge is 0.349 e. The fraction of sp³-hybridized carbons (Fsp3) is 0.409. The van der Waals surface area contributed by atoms with Crippen LogP contribution in [0.25, 0.3) is 0 Å². The highest BCUT2D eigenvalue weighted by molar-refractivity contribution is 9.10. The minimum Gasteiger partial charge on any atom is -0.349 e. The van der Waals surface area contributed by atoms with Crippen LogP contribution in [0.1, 0.15) is 49.8 Å². The lowest BCUT2D eigenvalue weighted by Crippen LogP contribution is -2.41. The lowest BCUT2D eigenvalue weighted by Gasteiger charge is -2.29. The molecular formula is C22H26BrFN2O3S. The fourth-order valence-electron chi connectivity index (χ4n) is 3.71. The molecule has 0 bridgehead atoms. The van der Waals surface area contributed by atoms with Gasteiger partial charge >= 0.3 is 0 Å². The molecule has 2 aromatic carbocycles. The molecule has 0 aliphatic heterocycles. The van der Waals surface area contributed by atoms with Crippen molar-refractivity contribution in [2.24, 2.45) is 5.92 Å². The van der Waals surface area contributed by atoms with Gasteiger partial charge in [-0.3, -0.25) is 4.79 Å². The number of halogens is 2. The summed E-state index contributed by atoms with van der Waals surface area (Å²) in [4.78, 5) is 12.8. The van der Waals surface area contributed by atoms with Gasteiger partial charge in [-0.25, -0.2) is 17.5 Å². The van der Waals surface area contributed by atoms with E-state index in [9.17, 15) is 17.6 Å². The van der Waals surface area contributed by atoms with E-state index in [1.807, 2.05) is 13.8 Å². The standard InChI is InChI=1S/C22H26BrFN2O3S/c1-14-13-20(11-12-21(14)23)30(28,29)26-19-9-5-17(6-10-19)22(27)25-15(2)16-3-7-18(24)8-4-16/h3-4,7-8,11-13,15,17,19,26H,5-6,9-10H2,1-2H3,(H,25,27)/t15-,17-,19-/m1/s1. The van der Waals surface area contributed by atoms with E-state index in [4.69, 9.17) is 0 Å². The van der Waals surface area contributed by atoms with E-state index in [-0.39, 0.29) is 34.6 Å². The Balaban J connectivity index is 1.53. The van der Waals surface area contributed by atoms with Crippen molar-refractivity contribution in [3.05, 3.63) is 63.9 Å². The maximum Gasteiger partial charge on any atom is 0.240 e. The normalized spacial score (nSPS) is 20.5. The molecule has 1 atom stereocenters. The van der Waals surface area contributed by atoms with Crippen molar-refractivity contribution in [1.82, 2.24) is 10.0 Å². The summed E-state index contributed by atoms with van der Waals surface area (Å²) in [5, 5.41) is 2.98. The molecule has 0 spiro atoms. The molecule has 5 nitrogen and oxygen atoms in total. The van der Waals surface area contributed by atoms with Crippen LogP contribution in [0.3, 0.4) is 0 Å². The lowest BCUT2D eigenvalue weighted by atomic mass is 9.85. The molecule has 162 valence electrons. The average molecular weight is 497 g/mol. The topological polar surface area (TPSA) is 75.3 Å². The SMILES string of the molecule is Cc1cc(S(=O)(=O)N[C@H]2CC[C@H](C(=O)N[C@H](C)c3ccc(F)cc3)CC2)ccc1Br. The minimum atomic E-state index is -3.60. The molecule has 8 heteroatoms. The van der Waals surface area contributed by atoms with Gasteiger partial charge in [0.05, 0.1) is 10.9 Å². The summed E-state index contributed by atoms with van der Waals surface area (Å²) in [5.74, 6) is -0.503. The molecule has 2 aromatic rings. The fourth-order valence-corrected chi connectivity index (χ4v) is 5.35. The first-order valence-electron chi connectivity index (χ1n) is 10.00. The van der Waals surface area contributed by atoms with Crippen LogP contribution in [0.4, 0.5) is 4.39 Å². The molecule has 30 heavy (non-hydrogen) atoms. The maximum absolute atomic E-state index is 13.1. The molecule has 0 aromatic heterocycles. The summed E-state index contributed by atoms with van der Waals surface area (Å²) in [5.41, 5.74) is 1.70. The second-order valence-electron chi connectivity index (χ2n) is 7.86. The van der Waals surface area contributed by atoms with Gasteiger partial charge in [-0.1, -0.05) is 28.1 Å². The number of aryl methyl sites for hydroxylation is 1. The van der Waals surface area contributed by atoms with Crippen LogP contribution in [0, 0.1) is 18.7 Å². The number of carbonyl (C=O) groups excluding carboxylic acids is 1. The maximum atomic E-state index is 13.1. The number of sulfonamides is 1. The van der Waals surface area contributed by atoms with Crippen LogP contribution in [0.2, 0.25) is 0 Å². The van der Waals surface area contributed by atoms with E-state index >= 15 is 0 Å². The number of carbonyl (C=O) groups is 1. The van der Waals surface area contributed by atoms with Crippen molar-refractivity contribution in [2.45, 2.75) is 56.5 Å². The third kappa shape index (κ3) is 5.68. The predicted octanol–water partition coefficient (Wildman–Crippen LogP) is 4.61. The van der Waals surface area contributed by atoms with Crippen molar-refractivity contribution in [2.75, 3.05) is 0 Å². The number of benzene rings is 2. The van der Waals surface area contributed by atoms with Crippen molar-refractivity contribution in [3.63, 3.8) is 0 Å². The van der Waals surface area contributed by atoms with Gasteiger partial charge in [-0.05, 0) is 81.0 Å². The highest BCUT2D eigenvalue weighted by Gasteiger charge is 2.29. The number of hydrogen-bond acceptors (Lipinski definition) is 3. The quantitative estimate of drug-likeness (QED) is 0.612. The summed E-state index contributed by atoms with van der Waals surface area (Å²) in [6, 6.07) is 10.6. The van der Waals surface area contributed by atoms with Gasteiger partial charge in [0.15, 0.2) is 0 Å². The number of nitrogens with one attached hydrogen (secondary N) is 2. The Labute approximate surface area is 185 Å². The summed E-state index contributed by atoms with van der Waals surface area (Å²) in [6.45, 7) is 3.71. The van der Waals surface area contributed by atoms with Gasteiger partial charge in [-0.2, -0.15) is 0 Å². The number of hydrogen-bond donors (Lipinski definition) is 2. The Kier molecular flexibility index (Phi) is 7.31.